The molecule has 2 heterocycles. The van der Waals surface area contributed by atoms with E-state index in [1.54, 1.807) is 24.3 Å². The van der Waals surface area contributed by atoms with Gasteiger partial charge in [-0.2, -0.15) is 15.6 Å². The van der Waals surface area contributed by atoms with Crippen molar-refractivity contribution in [2.75, 3.05) is 39.8 Å². The fourth-order valence-electron chi connectivity index (χ4n) is 7.39. The van der Waals surface area contributed by atoms with E-state index in [-0.39, 0.29) is 24.7 Å². The number of rotatable bonds is 31. The minimum Gasteiger partial charge on any atom is -0.496 e. The summed E-state index contributed by atoms with van der Waals surface area (Å²) < 4.78 is 48.0. The highest BCUT2D eigenvalue weighted by atomic mass is 31.2. The summed E-state index contributed by atoms with van der Waals surface area (Å²) in [5, 5.41) is 46.4. The summed E-state index contributed by atoms with van der Waals surface area (Å²) in [6.07, 6.45) is 16.7. The van der Waals surface area contributed by atoms with Crippen LogP contribution in [-0.2, 0) is 34.4 Å². The van der Waals surface area contributed by atoms with E-state index in [9.17, 15) is 30.2 Å². The van der Waals surface area contributed by atoms with Gasteiger partial charge in [0.2, 0.25) is 5.60 Å². The van der Waals surface area contributed by atoms with Crippen LogP contribution in [0.15, 0.2) is 36.7 Å². The van der Waals surface area contributed by atoms with Crippen molar-refractivity contribution in [2.24, 2.45) is 0 Å². The SMILES string of the molecule is CCCCCCCCCCCCCCCCCCOCC(COP(=O)(O)OC1C(C#N)(OC)C1(O)C(O)c1ccc2c(N)ncnn12)OCc1ccc(C#N)cc1OC. The molecule has 0 spiro atoms. The van der Waals surface area contributed by atoms with E-state index in [0.29, 0.717) is 29.0 Å². The van der Waals surface area contributed by atoms with E-state index in [1.165, 1.54) is 107 Å². The molecule has 1 aliphatic carbocycles. The van der Waals surface area contributed by atoms with Crippen molar-refractivity contribution in [2.45, 2.75) is 146 Å². The molecule has 4 rings (SSSR count). The van der Waals surface area contributed by atoms with Crippen LogP contribution in [0.2, 0.25) is 0 Å². The number of nitrogens with zero attached hydrogens (tertiary/aromatic N) is 5. The average molecular weight is 843 g/mol. The second-order valence-electron chi connectivity index (χ2n) is 15.2. The molecule has 2 aromatic heterocycles. The smallest absolute Gasteiger partial charge is 0.472 e. The van der Waals surface area contributed by atoms with Gasteiger partial charge in [0.1, 0.15) is 35.9 Å². The van der Waals surface area contributed by atoms with Crippen LogP contribution in [0.4, 0.5) is 5.82 Å². The first-order chi connectivity index (χ1) is 28.5. The monoisotopic (exact) mass is 842 g/mol. The number of hydrogen-bond donors (Lipinski definition) is 4. The Morgan fingerprint density at radius 2 is 1.56 bits per heavy atom. The Kier molecular flexibility index (Phi) is 19.5. The van der Waals surface area contributed by atoms with Gasteiger partial charge in [0.25, 0.3) is 0 Å². The highest BCUT2D eigenvalue weighted by molar-refractivity contribution is 7.47. The van der Waals surface area contributed by atoms with E-state index < -0.39 is 43.9 Å². The number of methoxy groups -OCH3 is 2. The van der Waals surface area contributed by atoms with Crippen LogP contribution in [0.25, 0.3) is 5.52 Å². The zero-order chi connectivity index (χ0) is 42.7. The molecule has 326 valence electrons. The Morgan fingerprint density at radius 3 is 2.14 bits per heavy atom. The molecule has 0 aliphatic heterocycles. The summed E-state index contributed by atoms with van der Waals surface area (Å²) in [4.78, 5) is 14.8. The number of aliphatic hydroxyl groups excluding tert-OH is 1. The summed E-state index contributed by atoms with van der Waals surface area (Å²) in [6, 6.07) is 11.6. The second-order valence-corrected chi connectivity index (χ2v) is 16.6. The molecule has 0 amide bonds. The van der Waals surface area contributed by atoms with E-state index in [1.807, 2.05) is 0 Å². The molecule has 0 saturated heterocycles. The molecule has 17 heteroatoms. The summed E-state index contributed by atoms with van der Waals surface area (Å²) in [5.74, 6) is 0.529. The number of phosphoric acid groups is 1. The summed E-state index contributed by atoms with van der Waals surface area (Å²) in [6.45, 7) is 2.23. The number of anilines is 1. The predicted molar refractivity (Wildman–Crippen MR) is 220 cm³/mol. The first-order valence-electron chi connectivity index (χ1n) is 20.9. The molecule has 1 fully saturated rings. The first kappa shape index (κ1) is 48.0. The van der Waals surface area contributed by atoms with Gasteiger partial charge in [-0.3, -0.25) is 9.05 Å². The van der Waals surface area contributed by atoms with Gasteiger partial charge < -0.3 is 39.8 Å². The van der Waals surface area contributed by atoms with Crippen molar-refractivity contribution >= 4 is 19.2 Å². The van der Waals surface area contributed by atoms with Crippen LogP contribution >= 0.6 is 7.82 Å². The Hall–Kier alpha value is -3.67. The lowest BCUT2D eigenvalue weighted by molar-refractivity contribution is -0.0675. The van der Waals surface area contributed by atoms with E-state index >= 15 is 0 Å². The number of nitriles is 2. The third-order valence-electron chi connectivity index (χ3n) is 11.0. The molecule has 16 nitrogen and oxygen atoms in total. The predicted octanol–water partition coefficient (Wildman–Crippen LogP) is 7.24. The van der Waals surface area contributed by atoms with E-state index in [4.69, 9.17) is 33.7 Å². The van der Waals surface area contributed by atoms with Gasteiger partial charge >= 0.3 is 7.82 Å². The highest BCUT2D eigenvalue weighted by Gasteiger charge is 2.85. The van der Waals surface area contributed by atoms with Gasteiger partial charge in [-0.25, -0.2) is 14.1 Å². The van der Waals surface area contributed by atoms with Crippen LogP contribution in [0.5, 0.6) is 5.75 Å². The van der Waals surface area contributed by atoms with Crippen molar-refractivity contribution in [3.8, 4) is 17.9 Å². The number of benzene rings is 1. The molecule has 1 aliphatic rings. The van der Waals surface area contributed by atoms with Gasteiger partial charge in [-0.1, -0.05) is 109 Å². The minimum atomic E-state index is -5.05. The molecule has 6 unspecified atom stereocenters. The number of aliphatic hydroxyl groups is 2. The number of hydrogen-bond acceptors (Lipinski definition) is 14. The molecule has 0 radical (unpaired) electrons. The Morgan fingerprint density at radius 1 is 0.932 bits per heavy atom. The van der Waals surface area contributed by atoms with Crippen molar-refractivity contribution in [3.05, 3.63) is 53.5 Å². The second kappa shape index (κ2) is 23.9. The zero-order valence-corrected chi connectivity index (χ0v) is 35.7. The Bertz CT molecular complexity index is 1870. The average Bonchev–Trinajstić information content (AvgIpc) is 3.48. The van der Waals surface area contributed by atoms with Crippen LogP contribution in [0, 0.1) is 22.7 Å². The Balaban J connectivity index is 1.26. The molecular weight excluding hydrogens is 779 g/mol. The largest absolute Gasteiger partial charge is 0.496 e. The van der Waals surface area contributed by atoms with Gasteiger partial charge in [0.05, 0.1) is 44.3 Å². The van der Waals surface area contributed by atoms with Crippen LogP contribution in [0.3, 0.4) is 0 Å². The first-order valence-corrected chi connectivity index (χ1v) is 22.4. The van der Waals surface area contributed by atoms with Crippen molar-refractivity contribution < 1.29 is 47.7 Å². The maximum Gasteiger partial charge on any atom is 0.472 e. The molecular formula is C42H63N6O10P. The lowest BCUT2D eigenvalue weighted by Crippen LogP contribution is -2.33. The standard InChI is InChI=1S/C42H63N6O10P/c1-4-5-6-7-8-9-10-11-12-13-14-15-16-17-18-19-24-55-28-34(56-27-33-21-20-32(26-43)25-37(33)53-2)29-57-59(51,52)58-40-41(30-44,54-3)42(40,50)38(49)35-22-23-36-39(45)46-31-47-48(35)36/h20-23,25,31,34,38,40,49-50H,4-19,24,27-29H2,1-3H3,(H,51,52)(H2,45,46,47). The quantitative estimate of drug-likeness (QED) is 0.0369. The molecule has 1 aromatic carbocycles. The lowest BCUT2D eigenvalue weighted by Gasteiger charge is -2.21. The number of fused-ring (bicyclic) bond motifs is 1. The van der Waals surface area contributed by atoms with Crippen LogP contribution in [0.1, 0.15) is 133 Å². The van der Waals surface area contributed by atoms with E-state index in [0.717, 1.165) is 32.7 Å². The lowest BCUT2D eigenvalue weighted by atomic mass is 10.0. The summed E-state index contributed by atoms with van der Waals surface area (Å²) >= 11 is 0. The maximum absolute atomic E-state index is 13.4. The third kappa shape index (κ3) is 12.9. The molecule has 5 N–H and O–H groups in total. The van der Waals surface area contributed by atoms with Gasteiger partial charge in [0, 0.05) is 19.3 Å². The van der Waals surface area contributed by atoms with Crippen LogP contribution < -0.4 is 10.5 Å². The van der Waals surface area contributed by atoms with Crippen LogP contribution in [-0.4, -0.2) is 87.2 Å². The van der Waals surface area contributed by atoms with Crippen molar-refractivity contribution in [3.63, 3.8) is 0 Å². The zero-order valence-electron chi connectivity index (χ0n) is 34.8. The number of nitrogens with two attached hydrogens (primary N) is 1. The maximum atomic E-state index is 13.4. The molecule has 59 heavy (non-hydrogen) atoms. The third-order valence-corrected chi connectivity index (χ3v) is 11.9. The molecule has 3 aromatic rings. The number of ether oxygens (including phenoxy) is 4. The highest BCUT2D eigenvalue weighted by Crippen LogP contribution is 2.64. The van der Waals surface area contributed by atoms with Crippen molar-refractivity contribution in [1.82, 2.24) is 14.6 Å². The Labute approximate surface area is 348 Å². The number of aromatic nitrogens is 3. The fourth-order valence-corrected chi connectivity index (χ4v) is 8.38. The topological polar surface area (TPSA) is 237 Å². The molecule has 1 saturated carbocycles. The van der Waals surface area contributed by atoms with E-state index in [2.05, 4.69) is 23.1 Å². The normalized spacial score (nSPS) is 20.8. The molecule has 0 bridgehead atoms. The van der Waals surface area contributed by atoms with Gasteiger partial charge in [-0.15, -0.1) is 0 Å². The minimum absolute atomic E-state index is 0.00116. The number of phosphoric ester groups is 1. The summed E-state index contributed by atoms with van der Waals surface area (Å²) in [7, 11) is -2.48. The van der Waals surface area contributed by atoms with Gasteiger partial charge in [0.15, 0.2) is 17.5 Å². The fraction of sp³-hybridized carbons (Fsp3) is 0.667. The number of unbranched alkanes of at least 4 members (excludes halogenated alkanes) is 15. The summed E-state index contributed by atoms with van der Waals surface area (Å²) in [5.41, 5.74) is 2.48. The molecule has 6 atom stereocenters. The van der Waals surface area contributed by atoms with Gasteiger partial charge in [-0.05, 0) is 30.7 Å². The number of nitrogen functional groups attached to an aromatic ring is 1. The van der Waals surface area contributed by atoms with Crippen molar-refractivity contribution in [1.29, 1.82) is 10.5 Å².